The van der Waals surface area contributed by atoms with Crippen molar-refractivity contribution in [2.45, 2.75) is 110 Å². The van der Waals surface area contributed by atoms with Crippen molar-refractivity contribution in [2.24, 2.45) is 5.41 Å². The number of fused-ring (bicyclic) bond motifs is 2. The van der Waals surface area contributed by atoms with E-state index in [-0.39, 0.29) is 43.4 Å². The fourth-order valence-electron chi connectivity index (χ4n) is 7.97. The van der Waals surface area contributed by atoms with E-state index in [2.05, 4.69) is 27.3 Å². The summed E-state index contributed by atoms with van der Waals surface area (Å²) >= 11 is 0. The number of anilines is 1. The van der Waals surface area contributed by atoms with Gasteiger partial charge in [0.15, 0.2) is 5.65 Å². The summed E-state index contributed by atoms with van der Waals surface area (Å²) in [5.74, 6) is 0.0543. The highest BCUT2D eigenvalue weighted by atomic mass is 32.2. The zero-order chi connectivity index (χ0) is 37.2. The van der Waals surface area contributed by atoms with Crippen LogP contribution in [0.3, 0.4) is 0 Å². The van der Waals surface area contributed by atoms with E-state index in [1.165, 1.54) is 23.6 Å². The van der Waals surface area contributed by atoms with Crippen molar-refractivity contribution in [1.29, 1.82) is 0 Å². The first-order chi connectivity index (χ1) is 24.6. The van der Waals surface area contributed by atoms with Crippen LogP contribution in [0.2, 0.25) is 0 Å². The fourth-order valence-corrected chi connectivity index (χ4v) is 9.60. The van der Waals surface area contributed by atoms with Gasteiger partial charge in [-0.2, -0.15) is 22.8 Å². The lowest BCUT2D eigenvalue weighted by Gasteiger charge is -2.33. The molecule has 14 heteroatoms. The van der Waals surface area contributed by atoms with Crippen LogP contribution < -0.4 is 10.1 Å². The zero-order valence-electron chi connectivity index (χ0n) is 31.9. The van der Waals surface area contributed by atoms with Crippen molar-refractivity contribution in [1.82, 2.24) is 28.8 Å². The van der Waals surface area contributed by atoms with Crippen molar-refractivity contribution in [2.75, 3.05) is 31.5 Å². The van der Waals surface area contributed by atoms with E-state index >= 15 is 0 Å². The van der Waals surface area contributed by atoms with Crippen LogP contribution in [0, 0.1) is 33.1 Å². The predicted octanol–water partition coefficient (Wildman–Crippen LogP) is 6.12. The largest absolute Gasteiger partial charge is 0.481 e. The van der Waals surface area contributed by atoms with E-state index in [0.717, 1.165) is 71.7 Å². The number of likely N-dealkylation sites (tertiary alicyclic amines) is 1. The Bertz CT molecular complexity index is 2140. The Labute approximate surface area is 319 Å². The molecule has 286 valence electrons. The number of aromatic nitrogens is 4. The SMILES string of the molecule is Cc1ccc([C@H](c2ccn3c(C)nnc3c2C)C(C)(C)C(=O)O)cc1CN1CC2(CC2)Oc2nc(N[C@@H](C)CN3CCCCC3)c(C)cc2S1(=O)=O.S. The lowest BCUT2D eigenvalue weighted by Crippen LogP contribution is -2.38. The topological polar surface area (TPSA) is 142 Å². The number of sulfonamides is 1. The van der Waals surface area contributed by atoms with E-state index in [1.54, 1.807) is 19.9 Å². The number of nitrogens with zero attached hydrogens (tertiary/aromatic N) is 6. The second-order valence-electron chi connectivity index (χ2n) is 15.9. The van der Waals surface area contributed by atoms with Crippen LogP contribution >= 0.6 is 13.5 Å². The Morgan fingerprint density at radius 1 is 1.04 bits per heavy atom. The summed E-state index contributed by atoms with van der Waals surface area (Å²) in [4.78, 5) is 20.2. The third-order valence-electron chi connectivity index (χ3n) is 11.4. The molecule has 1 aliphatic carbocycles. The lowest BCUT2D eigenvalue weighted by molar-refractivity contribution is -0.147. The molecule has 2 aliphatic heterocycles. The van der Waals surface area contributed by atoms with Crippen LogP contribution in [-0.2, 0) is 21.4 Å². The average molecular weight is 764 g/mol. The van der Waals surface area contributed by atoms with E-state index in [1.807, 2.05) is 62.6 Å². The molecule has 12 nitrogen and oxygen atoms in total. The maximum atomic E-state index is 14.5. The number of aliphatic carboxylic acids is 1. The summed E-state index contributed by atoms with van der Waals surface area (Å²) in [6, 6.07) is 9.67. The number of nitrogens with one attached hydrogen (secondary N) is 1. The first kappa shape index (κ1) is 39.0. The third kappa shape index (κ3) is 7.39. The van der Waals surface area contributed by atoms with Gasteiger partial charge in [-0.25, -0.2) is 8.42 Å². The van der Waals surface area contributed by atoms with Crippen LogP contribution in [0.15, 0.2) is 41.4 Å². The first-order valence-electron chi connectivity index (χ1n) is 18.4. The van der Waals surface area contributed by atoms with Crippen LogP contribution in [0.5, 0.6) is 5.88 Å². The van der Waals surface area contributed by atoms with Gasteiger partial charge >= 0.3 is 5.97 Å². The minimum atomic E-state index is -4.01. The van der Waals surface area contributed by atoms with Crippen LogP contribution in [0.25, 0.3) is 5.65 Å². The molecule has 7 rings (SSSR count). The van der Waals surface area contributed by atoms with Gasteiger partial charge < -0.3 is 20.1 Å². The quantitative estimate of drug-likeness (QED) is 0.194. The van der Waals surface area contributed by atoms with Crippen molar-refractivity contribution >= 4 is 41.0 Å². The predicted molar refractivity (Wildman–Crippen MR) is 210 cm³/mol. The molecule has 2 N–H and O–H groups in total. The molecular formula is C39H53N7O5S2. The van der Waals surface area contributed by atoms with Crippen LogP contribution in [0.1, 0.15) is 98.0 Å². The van der Waals surface area contributed by atoms with Crippen LogP contribution in [-0.4, -0.2) is 86.1 Å². The molecule has 1 saturated heterocycles. The minimum Gasteiger partial charge on any atom is -0.481 e. The number of ether oxygens (including phenoxy) is 1. The van der Waals surface area contributed by atoms with Gasteiger partial charge in [-0.3, -0.25) is 9.20 Å². The molecule has 0 radical (unpaired) electrons. The molecule has 2 atom stereocenters. The molecule has 0 bridgehead atoms. The number of aryl methyl sites for hydroxylation is 4. The van der Waals surface area contributed by atoms with Gasteiger partial charge in [0.25, 0.3) is 0 Å². The maximum absolute atomic E-state index is 14.5. The first-order valence-corrected chi connectivity index (χ1v) is 19.9. The van der Waals surface area contributed by atoms with E-state index in [9.17, 15) is 18.3 Å². The Kier molecular flexibility index (Phi) is 10.7. The minimum absolute atomic E-state index is 0. The number of piperidine rings is 1. The van der Waals surface area contributed by atoms with Gasteiger partial charge in [-0.1, -0.05) is 24.6 Å². The third-order valence-corrected chi connectivity index (χ3v) is 13.2. The second kappa shape index (κ2) is 14.5. The van der Waals surface area contributed by atoms with Gasteiger partial charge in [0.05, 0.1) is 12.0 Å². The molecule has 4 aromatic rings. The number of pyridine rings is 2. The highest BCUT2D eigenvalue weighted by Crippen LogP contribution is 2.48. The monoisotopic (exact) mass is 763 g/mol. The lowest BCUT2D eigenvalue weighted by atomic mass is 9.70. The highest BCUT2D eigenvalue weighted by Gasteiger charge is 2.53. The molecule has 0 amide bonds. The Morgan fingerprint density at radius 2 is 1.75 bits per heavy atom. The summed E-state index contributed by atoms with van der Waals surface area (Å²) in [6.07, 6.45) is 7.08. The summed E-state index contributed by atoms with van der Waals surface area (Å²) in [6.45, 7) is 16.7. The molecular weight excluding hydrogens is 711 g/mol. The molecule has 53 heavy (non-hydrogen) atoms. The standard InChI is InChI=1S/C39H51N7O5S.H2S/c1-24-11-12-29(33(38(6,7)37(47)48)31-13-18-46-28(5)42-43-35(46)27(31)4)20-30(24)22-45-23-39(14-15-39)51-36-32(52(45,49)50)19-25(2)34(41-36)40-26(3)21-44-16-9-8-10-17-44;/h11-13,18-20,26,33H,8-10,14-17,21-23H2,1-7H3,(H,40,41)(H,47,48);1H2/t26-,33+;/m0./s1. The Morgan fingerprint density at radius 3 is 2.43 bits per heavy atom. The number of hydrogen-bond acceptors (Lipinski definition) is 9. The van der Waals surface area contributed by atoms with Crippen molar-refractivity contribution in [3.8, 4) is 5.88 Å². The summed E-state index contributed by atoms with van der Waals surface area (Å²) < 4.78 is 39.0. The van der Waals surface area contributed by atoms with E-state index < -0.39 is 32.9 Å². The van der Waals surface area contributed by atoms with Gasteiger partial charge in [0.2, 0.25) is 15.9 Å². The molecule has 5 heterocycles. The number of benzene rings is 1. The van der Waals surface area contributed by atoms with Crippen molar-refractivity contribution in [3.05, 3.63) is 75.7 Å². The van der Waals surface area contributed by atoms with Gasteiger partial charge in [0, 0.05) is 31.2 Å². The number of hydrogen-bond donors (Lipinski definition) is 2. The molecule has 1 spiro atoms. The average Bonchev–Trinajstić information content (AvgIpc) is 3.76. The maximum Gasteiger partial charge on any atom is 0.310 e. The van der Waals surface area contributed by atoms with Gasteiger partial charge in [-0.15, -0.1) is 10.2 Å². The Hall–Kier alpha value is -3.72. The molecule has 2 fully saturated rings. The zero-order valence-corrected chi connectivity index (χ0v) is 33.7. The number of carboxylic acids is 1. The molecule has 1 saturated carbocycles. The molecule has 1 aromatic carbocycles. The molecule has 3 aliphatic rings. The van der Waals surface area contributed by atoms with E-state index in [4.69, 9.17) is 9.72 Å². The van der Waals surface area contributed by atoms with Gasteiger partial charge in [-0.05, 0) is 133 Å². The van der Waals surface area contributed by atoms with Crippen LogP contribution in [0.4, 0.5) is 5.82 Å². The highest BCUT2D eigenvalue weighted by molar-refractivity contribution is 7.89. The smallest absolute Gasteiger partial charge is 0.310 e. The Balaban J connectivity index is 0.00000481. The second-order valence-corrected chi connectivity index (χ2v) is 17.8. The van der Waals surface area contributed by atoms with Crippen molar-refractivity contribution < 1.29 is 23.1 Å². The van der Waals surface area contributed by atoms with Gasteiger partial charge in [0.1, 0.15) is 22.1 Å². The number of carbonyl (C=O) groups is 1. The molecule has 3 aromatic heterocycles. The number of rotatable bonds is 10. The summed E-state index contributed by atoms with van der Waals surface area (Å²) in [5, 5.41) is 22.6. The van der Waals surface area contributed by atoms with Crippen molar-refractivity contribution in [3.63, 3.8) is 0 Å². The fraction of sp³-hybridized carbons (Fsp3) is 0.538. The number of carboxylic acid groups (broad SMARTS) is 1. The summed E-state index contributed by atoms with van der Waals surface area (Å²) in [5.41, 5.74) is 3.77. The summed E-state index contributed by atoms with van der Waals surface area (Å²) in [7, 11) is -4.01. The normalized spacial score (nSPS) is 19.5. The molecule has 0 unspecified atom stereocenters. The van der Waals surface area contributed by atoms with E-state index in [0.29, 0.717) is 11.5 Å².